The standard InChI is InChI=1S/C19H13ClF2N4S/c20-18-14(8-11-7-13(22)5-6-15(11)24-18)17-9-16(25-26(17)19(23)27)10-1-3-12(21)4-2-10/h1-8,17H,9H2,(H2,23,27). The monoisotopic (exact) mass is 402 g/mol. The predicted molar refractivity (Wildman–Crippen MR) is 106 cm³/mol. The number of thiocarbonyl (C=S) groups is 1. The molecule has 2 aromatic carbocycles. The first kappa shape index (κ1) is 17.8. The van der Waals surface area contributed by atoms with Gasteiger partial charge in [0.05, 0.1) is 17.3 Å². The van der Waals surface area contributed by atoms with Crippen LogP contribution in [-0.4, -0.2) is 20.8 Å². The van der Waals surface area contributed by atoms with Gasteiger partial charge in [-0.25, -0.2) is 18.8 Å². The summed E-state index contributed by atoms with van der Waals surface area (Å²) >= 11 is 11.5. The highest BCUT2D eigenvalue weighted by Crippen LogP contribution is 2.37. The average Bonchev–Trinajstić information content (AvgIpc) is 3.07. The largest absolute Gasteiger partial charge is 0.375 e. The molecule has 8 heteroatoms. The van der Waals surface area contributed by atoms with Crippen molar-refractivity contribution in [2.45, 2.75) is 12.5 Å². The number of pyridine rings is 1. The number of hydrazone groups is 1. The smallest absolute Gasteiger partial charge is 0.187 e. The Kier molecular flexibility index (Phi) is 4.49. The van der Waals surface area contributed by atoms with Crippen molar-refractivity contribution in [2.75, 3.05) is 0 Å². The van der Waals surface area contributed by atoms with Gasteiger partial charge in [-0.1, -0.05) is 23.7 Å². The fourth-order valence-electron chi connectivity index (χ4n) is 3.15. The Bertz CT molecular complexity index is 1090. The topological polar surface area (TPSA) is 54.5 Å². The van der Waals surface area contributed by atoms with Gasteiger partial charge in [0, 0.05) is 17.4 Å². The highest BCUT2D eigenvalue weighted by atomic mass is 35.5. The highest BCUT2D eigenvalue weighted by Gasteiger charge is 2.32. The van der Waals surface area contributed by atoms with Crippen molar-refractivity contribution < 1.29 is 8.78 Å². The Balaban J connectivity index is 1.77. The third kappa shape index (κ3) is 3.36. The Hall–Kier alpha value is -2.64. The van der Waals surface area contributed by atoms with E-state index in [1.54, 1.807) is 24.3 Å². The fourth-order valence-corrected chi connectivity index (χ4v) is 3.59. The first-order chi connectivity index (χ1) is 12.9. The zero-order chi connectivity index (χ0) is 19.1. The molecule has 136 valence electrons. The van der Waals surface area contributed by atoms with Crippen LogP contribution in [0.3, 0.4) is 0 Å². The number of nitrogens with two attached hydrogens (primary N) is 1. The van der Waals surface area contributed by atoms with Crippen LogP contribution in [0.4, 0.5) is 8.78 Å². The van der Waals surface area contributed by atoms with E-state index in [1.807, 2.05) is 0 Å². The van der Waals surface area contributed by atoms with E-state index in [-0.39, 0.29) is 27.9 Å². The third-order valence-electron chi connectivity index (χ3n) is 4.43. The summed E-state index contributed by atoms with van der Waals surface area (Å²) in [7, 11) is 0. The molecule has 0 amide bonds. The molecule has 0 bridgehead atoms. The molecular weight excluding hydrogens is 390 g/mol. The maximum atomic E-state index is 13.6. The van der Waals surface area contributed by atoms with Gasteiger partial charge >= 0.3 is 0 Å². The number of benzene rings is 2. The molecule has 4 nitrogen and oxygen atoms in total. The van der Waals surface area contributed by atoms with E-state index in [0.717, 1.165) is 5.56 Å². The Morgan fingerprint density at radius 1 is 1.11 bits per heavy atom. The lowest BCUT2D eigenvalue weighted by atomic mass is 9.98. The first-order valence-corrected chi connectivity index (χ1v) is 8.89. The molecule has 0 fully saturated rings. The molecule has 0 saturated heterocycles. The summed E-state index contributed by atoms with van der Waals surface area (Å²) in [5.74, 6) is -0.692. The van der Waals surface area contributed by atoms with Crippen LogP contribution in [0.2, 0.25) is 5.15 Å². The summed E-state index contributed by atoms with van der Waals surface area (Å²) in [6, 6.07) is 11.7. The normalized spacial score (nSPS) is 16.6. The van der Waals surface area contributed by atoms with Crippen molar-refractivity contribution in [3.63, 3.8) is 0 Å². The summed E-state index contributed by atoms with van der Waals surface area (Å²) in [6.07, 6.45) is 0.450. The van der Waals surface area contributed by atoms with Crippen LogP contribution in [0.1, 0.15) is 23.6 Å². The molecule has 3 aromatic rings. The van der Waals surface area contributed by atoms with Crippen molar-refractivity contribution >= 4 is 45.5 Å². The molecule has 27 heavy (non-hydrogen) atoms. The Morgan fingerprint density at radius 3 is 2.52 bits per heavy atom. The maximum Gasteiger partial charge on any atom is 0.187 e. The average molecular weight is 403 g/mol. The summed E-state index contributed by atoms with van der Waals surface area (Å²) in [5.41, 5.74) is 8.53. The van der Waals surface area contributed by atoms with Gasteiger partial charge in [0.1, 0.15) is 16.8 Å². The molecule has 4 rings (SSSR count). The summed E-state index contributed by atoms with van der Waals surface area (Å²) < 4.78 is 26.8. The summed E-state index contributed by atoms with van der Waals surface area (Å²) in [6.45, 7) is 0. The Morgan fingerprint density at radius 2 is 1.81 bits per heavy atom. The number of aromatic nitrogens is 1. The number of halogens is 3. The van der Waals surface area contributed by atoms with Crippen molar-refractivity contribution in [1.29, 1.82) is 0 Å². The molecule has 1 atom stereocenters. The number of hydrogen-bond acceptors (Lipinski definition) is 3. The van der Waals surface area contributed by atoms with Gasteiger partial charge in [0.25, 0.3) is 0 Å². The van der Waals surface area contributed by atoms with Crippen LogP contribution in [0, 0.1) is 11.6 Å². The first-order valence-electron chi connectivity index (χ1n) is 8.10. The molecule has 0 aliphatic carbocycles. The number of rotatable bonds is 2. The minimum Gasteiger partial charge on any atom is -0.375 e. The summed E-state index contributed by atoms with van der Waals surface area (Å²) in [5, 5.41) is 6.94. The van der Waals surface area contributed by atoms with E-state index in [4.69, 9.17) is 29.6 Å². The van der Waals surface area contributed by atoms with E-state index < -0.39 is 0 Å². The van der Waals surface area contributed by atoms with E-state index >= 15 is 0 Å². The molecule has 1 unspecified atom stereocenters. The highest BCUT2D eigenvalue weighted by molar-refractivity contribution is 7.80. The van der Waals surface area contributed by atoms with Crippen LogP contribution >= 0.6 is 23.8 Å². The lowest BCUT2D eigenvalue weighted by molar-refractivity contribution is 0.372. The zero-order valence-electron chi connectivity index (χ0n) is 13.9. The van der Waals surface area contributed by atoms with Crippen LogP contribution < -0.4 is 5.73 Å². The van der Waals surface area contributed by atoms with Crippen LogP contribution in [0.5, 0.6) is 0 Å². The molecule has 1 aliphatic rings. The van der Waals surface area contributed by atoms with Gasteiger partial charge in [-0.15, -0.1) is 0 Å². The lowest BCUT2D eigenvalue weighted by Gasteiger charge is -2.22. The fraction of sp³-hybridized carbons (Fsp3) is 0.105. The van der Waals surface area contributed by atoms with Crippen molar-refractivity contribution in [3.8, 4) is 0 Å². The second-order valence-corrected chi connectivity index (χ2v) is 6.94. The quantitative estimate of drug-likeness (QED) is 0.504. The van der Waals surface area contributed by atoms with Gasteiger partial charge in [-0.05, 0) is 54.2 Å². The Labute approximate surface area is 164 Å². The van der Waals surface area contributed by atoms with Gasteiger partial charge in [0.15, 0.2) is 5.11 Å². The molecular formula is C19H13ClF2N4S. The molecule has 1 aliphatic heterocycles. The number of nitrogens with zero attached hydrogens (tertiary/aromatic N) is 3. The second-order valence-electron chi connectivity index (χ2n) is 6.16. The van der Waals surface area contributed by atoms with E-state index in [0.29, 0.717) is 28.6 Å². The molecule has 0 spiro atoms. The van der Waals surface area contributed by atoms with E-state index in [1.165, 1.54) is 29.3 Å². The predicted octanol–water partition coefficient (Wildman–Crippen LogP) is 4.56. The van der Waals surface area contributed by atoms with Crippen molar-refractivity contribution in [1.82, 2.24) is 9.99 Å². The molecule has 2 heterocycles. The molecule has 0 saturated carbocycles. The van der Waals surface area contributed by atoms with Crippen molar-refractivity contribution in [3.05, 3.63) is 76.4 Å². The summed E-state index contributed by atoms with van der Waals surface area (Å²) in [4.78, 5) is 4.35. The van der Waals surface area contributed by atoms with E-state index in [9.17, 15) is 8.78 Å². The second kappa shape index (κ2) is 6.83. The molecule has 1 aromatic heterocycles. The van der Waals surface area contributed by atoms with Gasteiger partial charge in [0.2, 0.25) is 0 Å². The number of hydrogen-bond donors (Lipinski definition) is 1. The van der Waals surface area contributed by atoms with Gasteiger partial charge in [-0.3, -0.25) is 0 Å². The zero-order valence-corrected chi connectivity index (χ0v) is 15.4. The maximum absolute atomic E-state index is 13.6. The van der Waals surface area contributed by atoms with Crippen LogP contribution in [0.15, 0.2) is 53.6 Å². The minimum atomic E-state index is -0.379. The SMILES string of the molecule is NC(=S)N1N=C(c2ccc(F)cc2)CC1c1cc2cc(F)ccc2nc1Cl. The minimum absolute atomic E-state index is 0.0764. The van der Waals surface area contributed by atoms with Gasteiger partial charge < -0.3 is 5.73 Å². The third-order valence-corrected chi connectivity index (χ3v) is 4.92. The molecule has 2 N–H and O–H groups in total. The van der Waals surface area contributed by atoms with Crippen LogP contribution in [0.25, 0.3) is 10.9 Å². The van der Waals surface area contributed by atoms with Crippen LogP contribution in [-0.2, 0) is 0 Å². The van der Waals surface area contributed by atoms with E-state index in [2.05, 4.69) is 10.1 Å². The van der Waals surface area contributed by atoms with Gasteiger partial charge in [-0.2, -0.15) is 5.10 Å². The van der Waals surface area contributed by atoms with Crippen molar-refractivity contribution in [2.24, 2.45) is 10.8 Å². The molecule has 0 radical (unpaired) electrons. The number of fused-ring (bicyclic) bond motifs is 1. The lowest BCUT2D eigenvalue weighted by Crippen LogP contribution is -2.31.